The monoisotopic (exact) mass is 488 g/mol. The van der Waals surface area contributed by atoms with Crippen molar-refractivity contribution in [3.8, 4) is 0 Å². The second kappa shape index (κ2) is 9.44. The zero-order valence-electron chi connectivity index (χ0n) is 17.0. The third-order valence-corrected chi connectivity index (χ3v) is 7.15. The van der Waals surface area contributed by atoms with E-state index >= 15 is 0 Å². The van der Waals surface area contributed by atoms with Crippen LogP contribution in [0, 0.1) is 5.82 Å². The van der Waals surface area contributed by atoms with Crippen molar-refractivity contribution in [1.82, 2.24) is 0 Å². The summed E-state index contributed by atoms with van der Waals surface area (Å²) in [6.07, 6.45) is 1.70. The number of ether oxygens (including phenoxy) is 1. The smallest absolute Gasteiger partial charge is 0.338 e. The molecule has 1 aliphatic heterocycles. The van der Waals surface area contributed by atoms with Gasteiger partial charge in [0.2, 0.25) is 0 Å². The molecule has 0 aliphatic carbocycles. The number of hydrogen-bond donors (Lipinski definition) is 1. The minimum atomic E-state index is -0.888. The van der Waals surface area contributed by atoms with Crippen molar-refractivity contribution in [2.45, 2.75) is 29.6 Å². The molecule has 32 heavy (non-hydrogen) atoms. The second-order valence-electron chi connectivity index (χ2n) is 7.00. The Morgan fingerprint density at radius 2 is 1.94 bits per heavy atom. The number of hydrogen-bond acceptors (Lipinski definition) is 6. The fourth-order valence-corrected chi connectivity index (χ4v) is 5.30. The number of nitrogens with zero attached hydrogens (tertiary/aromatic N) is 1. The Bertz CT molecular complexity index is 1260. The Labute approximate surface area is 197 Å². The summed E-state index contributed by atoms with van der Waals surface area (Å²) in [6.45, 7) is 2.36. The normalized spacial score (nSPS) is 12.4. The molecule has 0 saturated carbocycles. The van der Waals surface area contributed by atoms with Crippen LogP contribution in [0.15, 0.2) is 57.2 Å². The highest BCUT2D eigenvalue weighted by Crippen LogP contribution is 2.44. The molecular formula is C23H18ClFN2O3S2. The molecule has 164 valence electrons. The number of amides is 1. The molecule has 0 bridgehead atoms. The molecule has 0 unspecified atom stereocenters. The van der Waals surface area contributed by atoms with E-state index in [9.17, 15) is 14.0 Å². The standard InChI is InChI=1S/C23H18ClFN2O3S2/c1-2-3-10-30-23(29)12-4-6-15-14(11-12)27-21(17-8-9-18(24)32-17)20-16(31-15)7-5-13(25)19(20)22(26)28/h4-9,11H,2-3,10H2,1H3,(H2,26,28). The number of rotatable bonds is 6. The zero-order valence-corrected chi connectivity index (χ0v) is 19.4. The topological polar surface area (TPSA) is 81.8 Å². The first-order chi connectivity index (χ1) is 15.4. The molecule has 0 fully saturated rings. The Balaban J connectivity index is 1.89. The Morgan fingerprint density at radius 1 is 1.16 bits per heavy atom. The van der Waals surface area contributed by atoms with Crippen molar-refractivity contribution in [2.75, 3.05) is 6.61 Å². The molecule has 1 aromatic heterocycles. The van der Waals surface area contributed by atoms with Gasteiger partial charge in [-0.05, 0) is 48.9 Å². The number of esters is 1. The van der Waals surface area contributed by atoms with E-state index in [2.05, 4.69) is 0 Å². The van der Waals surface area contributed by atoms with Crippen LogP contribution in [-0.2, 0) is 4.74 Å². The SMILES string of the molecule is CCCCOC(=O)c1ccc2c(c1)N=C(c1ccc(Cl)s1)c1c(ccc(F)c1C(N)=O)S2. The van der Waals surface area contributed by atoms with E-state index in [1.807, 2.05) is 6.92 Å². The lowest BCUT2D eigenvalue weighted by atomic mass is 10.00. The first-order valence-corrected chi connectivity index (χ1v) is 11.9. The molecule has 1 amide bonds. The van der Waals surface area contributed by atoms with Crippen molar-refractivity contribution < 1.29 is 18.7 Å². The quantitative estimate of drug-likeness (QED) is 0.257. The molecule has 2 heterocycles. The van der Waals surface area contributed by atoms with Crippen LogP contribution in [0.3, 0.4) is 0 Å². The maximum atomic E-state index is 14.7. The predicted octanol–water partition coefficient (Wildman–Crippen LogP) is 6.23. The Kier molecular flexibility index (Phi) is 6.64. The number of unbranched alkanes of at least 4 members (excludes halogenated alkanes) is 1. The molecule has 0 spiro atoms. The van der Waals surface area contributed by atoms with Gasteiger partial charge in [-0.1, -0.05) is 36.7 Å². The molecule has 2 N–H and O–H groups in total. The lowest BCUT2D eigenvalue weighted by molar-refractivity contribution is 0.0499. The highest BCUT2D eigenvalue weighted by atomic mass is 35.5. The molecule has 2 aromatic carbocycles. The molecule has 0 saturated heterocycles. The summed E-state index contributed by atoms with van der Waals surface area (Å²) in [4.78, 5) is 31.4. The average Bonchev–Trinajstić information content (AvgIpc) is 3.12. The summed E-state index contributed by atoms with van der Waals surface area (Å²) in [5.41, 5.74) is 6.85. The van der Waals surface area contributed by atoms with Crippen LogP contribution >= 0.6 is 34.7 Å². The van der Waals surface area contributed by atoms with Gasteiger partial charge in [0.1, 0.15) is 5.82 Å². The van der Waals surface area contributed by atoms with Crippen LogP contribution in [0.1, 0.15) is 50.9 Å². The number of primary amides is 1. The summed E-state index contributed by atoms with van der Waals surface area (Å²) >= 11 is 8.71. The maximum absolute atomic E-state index is 14.7. The van der Waals surface area contributed by atoms with Crippen LogP contribution in [0.4, 0.5) is 10.1 Å². The van der Waals surface area contributed by atoms with E-state index in [-0.39, 0.29) is 5.56 Å². The number of fused-ring (bicyclic) bond motifs is 2. The van der Waals surface area contributed by atoms with Crippen LogP contribution in [0.5, 0.6) is 0 Å². The van der Waals surface area contributed by atoms with E-state index in [1.165, 1.54) is 29.2 Å². The van der Waals surface area contributed by atoms with Gasteiger partial charge >= 0.3 is 5.97 Å². The summed E-state index contributed by atoms with van der Waals surface area (Å²) in [6, 6.07) is 11.3. The average molecular weight is 489 g/mol. The van der Waals surface area contributed by atoms with Crippen molar-refractivity contribution >= 4 is 58.0 Å². The van der Waals surface area contributed by atoms with Gasteiger partial charge in [0, 0.05) is 15.4 Å². The van der Waals surface area contributed by atoms with E-state index < -0.39 is 17.7 Å². The first kappa shape index (κ1) is 22.5. The fraction of sp³-hybridized carbons (Fsp3) is 0.174. The molecule has 3 aromatic rings. The number of benzene rings is 2. The molecule has 0 radical (unpaired) electrons. The van der Waals surface area contributed by atoms with Crippen LogP contribution in [-0.4, -0.2) is 24.2 Å². The maximum Gasteiger partial charge on any atom is 0.338 e. The van der Waals surface area contributed by atoms with Crippen LogP contribution in [0.2, 0.25) is 4.34 Å². The number of aliphatic imine (C=N–C) groups is 1. The lowest BCUT2D eigenvalue weighted by Gasteiger charge is -2.12. The van der Waals surface area contributed by atoms with Crippen LogP contribution in [0.25, 0.3) is 0 Å². The minimum absolute atomic E-state index is 0.231. The van der Waals surface area contributed by atoms with Gasteiger partial charge in [-0.2, -0.15) is 0 Å². The summed E-state index contributed by atoms with van der Waals surface area (Å²) in [5.74, 6) is -2.05. The molecule has 5 nitrogen and oxygen atoms in total. The highest BCUT2D eigenvalue weighted by Gasteiger charge is 2.28. The predicted molar refractivity (Wildman–Crippen MR) is 125 cm³/mol. The third-order valence-electron chi connectivity index (χ3n) is 4.78. The second-order valence-corrected chi connectivity index (χ2v) is 9.80. The van der Waals surface area contributed by atoms with E-state index in [0.717, 1.165) is 17.7 Å². The van der Waals surface area contributed by atoms with E-state index in [4.69, 9.17) is 27.1 Å². The van der Waals surface area contributed by atoms with Gasteiger partial charge in [0.15, 0.2) is 0 Å². The molecule has 0 atom stereocenters. The first-order valence-electron chi connectivity index (χ1n) is 9.85. The van der Waals surface area contributed by atoms with Crippen molar-refractivity contribution in [2.24, 2.45) is 10.7 Å². The number of halogens is 2. The third kappa shape index (κ3) is 4.44. The van der Waals surface area contributed by atoms with E-state index in [0.29, 0.717) is 43.2 Å². The van der Waals surface area contributed by atoms with Gasteiger partial charge in [0.05, 0.1) is 38.3 Å². The molecule has 9 heteroatoms. The summed E-state index contributed by atoms with van der Waals surface area (Å²) in [5, 5.41) is 0. The summed E-state index contributed by atoms with van der Waals surface area (Å²) in [7, 11) is 0. The van der Waals surface area contributed by atoms with Crippen molar-refractivity contribution in [3.05, 3.63) is 74.2 Å². The van der Waals surface area contributed by atoms with Crippen molar-refractivity contribution in [3.63, 3.8) is 0 Å². The number of carbonyl (C=O) groups is 2. The van der Waals surface area contributed by atoms with Gasteiger partial charge < -0.3 is 10.5 Å². The number of carbonyl (C=O) groups excluding carboxylic acids is 2. The summed E-state index contributed by atoms with van der Waals surface area (Å²) < 4.78 is 20.5. The molecule has 4 rings (SSSR count). The minimum Gasteiger partial charge on any atom is -0.462 e. The van der Waals surface area contributed by atoms with Gasteiger partial charge in [0.25, 0.3) is 5.91 Å². The van der Waals surface area contributed by atoms with E-state index in [1.54, 1.807) is 36.4 Å². The number of nitrogens with two attached hydrogens (primary N) is 1. The highest BCUT2D eigenvalue weighted by molar-refractivity contribution is 7.99. The Hall–Kier alpha value is -2.68. The van der Waals surface area contributed by atoms with Crippen molar-refractivity contribution in [1.29, 1.82) is 0 Å². The lowest BCUT2D eigenvalue weighted by Crippen LogP contribution is -2.19. The van der Waals surface area contributed by atoms with Crippen LogP contribution < -0.4 is 5.73 Å². The largest absolute Gasteiger partial charge is 0.462 e. The molecule has 1 aliphatic rings. The van der Waals surface area contributed by atoms with Gasteiger partial charge in [-0.15, -0.1) is 11.3 Å². The fourth-order valence-electron chi connectivity index (χ4n) is 3.24. The number of thiophene rings is 1. The molecular weight excluding hydrogens is 471 g/mol. The zero-order chi connectivity index (χ0) is 22.8. The van der Waals surface area contributed by atoms with Gasteiger partial charge in [-0.3, -0.25) is 4.79 Å². The van der Waals surface area contributed by atoms with Gasteiger partial charge in [-0.25, -0.2) is 14.2 Å². The Morgan fingerprint density at radius 3 is 2.62 bits per heavy atom.